The predicted octanol–water partition coefficient (Wildman–Crippen LogP) is 4.71. The molecule has 3 aliphatic heterocycles. The summed E-state index contributed by atoms with van der Waals surface area (Å²) in [5.41, 5.74) is -3.13. The molecule has 1 aromatic carbocycles. The number of aliphatic hydroxyl groups excluding tert-OH is 3. The summed E-state index contributed by atoms with van der Waals surface area (Å²) in [6.45, 7) is 18.4. The number of furan rings is 1. The van der Waals surface area contributed by atoms with E-state index in [9.17, 15) is 39.9 Å². The maximum absolute atomic E-state index is 14.6. The van der Waals surface area contributed by atoms with Gasteiger partial charge in [0.25, 0.3) is 0 Å². The second-order valence-electron chi connectivity index (χ2n) is 20.0. The van der Waals surface area contributed by atoms with Crippen molar-refractivity contribution in [3.63, 3.8) is 0 Å². The number of aliphatic hydroxyl groups is 5. The molecule has 354 valence electrons. The highest BCUT2D eigenvalue weighted by molar-refractivity contribution is 5.83. The van der Waals surface area contributed by atoms with Gasteiger partial charge in [-0.1, -0.05) is 59.7 Å². The molecule has 15 heteroatoms. The summed E-state index contributed by atoms with van der Waals surface area (Å²) in [7, 11) is 0. The Morgan fingerprint density at radius 1 is 0.873 bits per heavy atom. The third-order valence-electron chi connectivity index (χ3n) is 13.8. The first-order chi connectivity index (χ1) is 29.3. The molecule has 1 aromatic heterocycles. The van der Waals surface area contributed by atoms with Gasteiger partial charge in [-0.3, -0.25) is 14.4 Å². The highest BCUT2D eigenvalue weighted by Gasteiger charge is 2.53. The largest absolute Gasteiger partial charge is 0.464 e. The van der Waals surface area contributed by atoms with E-state index in [0.717, 1.165) is 11.1 Å². The summed E-state index contributed by atoms with van der Waals surface area (Å²) >= 11 is 0. The number of ketones is 1. The van der Waals surface area contributed by atoms with Crippen molar-refractivity contribution in [2.24, 2.45) is 35.0 Å². The highest BCUT2D eigenvalue weighted by Crippen LogP contribution is 2.42. The minimum absolute atomic E-state index is 0.0266. The number of esters is 1. The lowest BCUT2D eigenvalue weighted by Crippen LogP contribution is -2.59. The molecule has 3 saturated heterocycles. The standard InChI is InChI=1S/C48H73NO14/c1-25-20-27(3)59-45(39(25)52)63-43-29(5)40(62-37-24-46(8,9)42(54)31(7)60-37)30(6)44(55)61-35(48(11,57)41(53)28(4)38(51)26(2)23-47(43,10)56)17-18-49-36(50)22-32-14-12-15-33(21-32)34-16-13-19-58-34/h12-16,19,21,25-31,35,37,39-43,45,52-54,56-57H,17-18,20,22-24H2,1-11H3,(H,49,50)/t25?,26-,27?,28+,29+,30-,31?,35-,37?,39?,40+,41-,42?,43-,45?,47-,48-/m1/s1. The Morgan fingerprint density at radius 3 is 2.22 bits per heavy atom. The number of carbonyl (C=O) groups excluding carboxylic acids is 3. The molecule has 0 spiro atoms. The summed E-state index contributed by atoms with van der Waals surface area (Å²) < 4.78 is 37.2. The molecule has 15 nitrogen and oxygen atoms in total. The van der Waals surface area contributed by atoms with Crippen LogP contribution in [0.25, 0.3) is 11.3 Å². The Morgan fingerprint density at radius 2 is 1.57 bits per heavy atom. The molecule has 2 aromatic rings. The summed E-state index contributed by atoms with van der Waals surface area (Å²) in [5, 5.41) is 61.4. The van der Waals surface area contributed by atoms with Gasteiger partial charge in [-0.25, -0.2) is 0 Å². The molecule has 4 heterocycles. The van der Waals surface area contributed by atoms with Gasteiger partial charge in [0.1, 0.15) is 29.4 Å². The summed E-state index contributed by atoms with van der Waals surface area (Å²) in [5.74, 6) is -5.29. The van der Waals surface area contributed by atoms with E-state index in [1.54, 1.807) is 40.0 Å². The third-order valence-corrected chi connectivity index (χ3v) is 13.8. The molecular formula is C48H73NO14. The second kappa shape index (κ2) is 20.5. The van der Waals surface area contributed by atoms with Crippen molar-refractivity contribution in [3.05, 3.63) is 48.2 Å². The van der Waals surface area contributed by atoms with Crippen LogP contribution in [-0.4, -0.2) is 122 Å². The molecule has 17 atom stereocenters. The Balaban J connectivity index is 1.48. The van der Waals surface area contributed by atoms with E-state index >= 15 is 0 Å². The zero-order valence-electron chi connectivity index (χ0n) is 38.9. The van der Waals surface area contributed by atoms with E-state index in [1.165, 1.54) is 20.8 Å². The molecule has 0 aliphatic carbocycles. The second-order valence-corrected chi connectivity index (χ2v) is 20.0. The Kier molecular flexibility index (Phi) is 16.5. The number of benzene rings is 1. The molecule has 5 rings (SSSR count). The van der Waals surface area contributed by atoms with Crippen LogP contribution in [0.1, 0.15) is 107 Å². The van der Waals surface area contributed by atoms with Crippen molar-refractivity contribution in [1.29, 1.82) is 0 Å². The number of carbonyl (C=O) groups is 3. The quantitative estimate of drug-likeness (QED) is 0.178. The first-order valence-corrected chi connectivity index (χ1v) is 22.6. The van der Waals surface area contributed by atoms with Crippen molar-refractivity contribution < 1.29 is 68.0 Å². The normalized spacial score (nSPS) is 40.7. The number of rotatable bonds is 10. The number of hydrogen-bond donors (Lipinski definition) is 6. The molecular weight excluding hydrogens is 815 g/mol. The van der Waals surface area contributed by atoms with Gasteiger partial charge in [0.15, 0.2) is 12.6 Å². The molecule has 6 N–H and O–H groups in total. The number of ether oxygens (including phenoxy) is 5. The molecule has 3 fully saturated rings. The van der Waals surface area contributed by atoms with Crippen LogP contribution in [0.4, 0.5) is 0 Å². The van der Waals surface area contributed by atoms with Crippen LogP contribution >= 0.6 is 0 Å². The van der Waals surface area contributed by atoms with Crippen LogP contribution in [0.2, 0.25) is 0 Å². The van der Waals surface area contributed by atoms with E-state index in [4.69, 9.17) is 28.1 Å². The summed E-state index contributed by atoms with van der Waals surface area (Å²) in [6, 6.07) is 11.0. The van der Waals surface area contributed by atoms with E-state index in [-0.39, 0.29) is 50.2 Å². The van der Waals surface area contributed by atoms with Crippen LogP contribution in [0.15, 0.2) is 47.1 Å². The number of Topliss-reactive ketones (excluding diaryl/α,β-unsaturated/α-hetero) is 1. The van der Waals surface area contributed by atoms with Gasteiger partial charge in [-0.2, -0.15) is 0 Å². The van der Waals surface area contributed by atoms with Crippen molar-refractivity contribution in [2.45, 2.75) is 181 Å². The van der Waals surface area contributed by atoms with Gasteiger partial charge >= 0.3 is 5.97 Å². The number of hydrogen-bond acceptors (Lipinski definition) is 14. The van der Waals surface area contributed by atoms with Crippen LogP contribution in [-0.2, 0) is 44.5 Å². The Bertz CT molecular complexity index is 1830. The van der Waals surface area contributed by atoms with Crippen molar-refractivity contribution >= 4 is 17.7 Å². The third kappa shape index (κ3) is 12.0. The van der Waals surface area contributed by atoms with Gasteiger partial charge in [-0.15, -0.1) is 0 Å². The van der Waals surface area contributed by atoms with Gasteiger partial charge in [0, 0.05) is 42.7 Å². The molecule has 0 saturated carbocycles. The van der Waals surface area contributed by atoms with Gasteiger partial charge in [-0.05, 0) is 82.6 Å². The lowest BCUT2D eigenvalue weighted by molar-refractivity contribution is -0.312. The maximum atomic E-state index is 14.6. The van der Waals surface area contributed by atoms with Crippen LogP contribution < -0.4 is 5.32 Å². The number of cyclic esters (lactones) is 1. The predicted molar refractivity (Wildman–Crippen MR) is 231 cm³/mol. The van der Waals surface area contributed by atoms with Gasteiger partial charge in [0.2, 0.25) is 5.91 Å². The smallest absolute Gasteiger partial charge is 0.311 e. The Hall–Kier alpha value is -3.25. The minimum atomic E-state index is -2.20. The fourth-order valence-corrected chi connectivity index (χ4v) is 9.92. The SMILES string of the molecule is CC1CC(C)C(O)C(O[C@@H]2[C@@H](C)[C@H](OC3CC(C)(C)C(O)C(C)O3)[C@@H](C)C(=O)O[C@H](CCNC(=O)Cc3cccc(-c4ccco4)c3)[C@@](C)(O)[C@H](O)[C@@H](C)C(=O)[C@H](C)C[C@@]2(C)O)O1. The Labute approximate surface area is 372 Å². The van der Waals surface area contributed by atoms with Crippen molar-refractivity contribution in [3.8, 4) is 11.3 Å². The molecule has 7 unspecified atom stereocenters. The van der Waals surface area contributed by atoms with Crippen molar-refractivity contribution in [1.82, 2.24) is 5.32 Å². The van der Waals surface area contributed by atoms with E-state index < -0.39 is 107 Å². The minimum Gasteiger partial charge on any atom is -0.464 e. The first-order valence-electron chi connectivity index (χ1n) is 22.6. The fourth-order valence-electron chi connectivity index (χ4n) is 9.92. The molecule has 0 bridgehead atoms. The van der Waals surface area contributed by atoms with Crippen LogP contribution in [0.3, 0.4) is 0 Å². The van der Waals surface area contributed by atoms with Crippen molar-refractivity contribution in [2.75, 3.05) is 6.54 Å². The highest BCUT2D eigenvalue weighted by atomic mass is 16.7. The number of amides is 1. The lowest BCUT2D eigenvalue weighted by atomic mass is 9.74. The average Bonchev–Trinajstić information content (AvgIpc) is 3.76. The average molecular weight is 888 g/mol. The fraction of sp³-hybridized carbons (Fsp3) is 0.729. The topological polar surface area (TPSA) is 224 Å². The monoisotopic (exact) mass is 888 g/mol. The lowest BCUT2D eigenvalue weighted by Gasteiger charge is -2.48. The summed E-state index contributed by atoms with van der Waals surface area (Å²) in [4.78, 5) is 42.0. The van der Waals surface area contributed by atoms with E-state index in [1.807, 2.05) is 58.0 Å². The van der Waals surface area contributed by atoms with E-state index in [0.29, 0.717) is 12.2 Å². The van der Waals surface area contributed by atoms with Gasteiger partial charge < -0.3 is 59.0 Å². The molecule has 3 aliphatic rings. The first kappa shape index (κ1) is 50.7. The van der Waals surface area contributed by atoms with Crippen LogP contribution in [0.5, 0.6) is 0 Å². The number of nitrogens with one attached hydrogen (secondary N) is 1. The molecule has 63 heavy (non-hydrogen) atoms. The van der Waals surface area contributed by atoms with E-state index in [2.05, 4.69) is 5.32 Å². The molecule has 1 amide bonds. The summed E-state index contributed by atoms with van der Waals surface area (Å²) in [6.07, 6.45) is -8.32. The van der Waals surface area contributed by atoms with Gasteiger partial charge in [0.05, 0.1) is 60.8 Å². The van der Waals surface area contributed by atoms with Crippen LogP contribution in [0, 0.1) is 35.0 Å². The molecule has 0 radical (unpaired) electrons. The maximum Gasteiger partial charge on any atom is 0.311 e. The zero-order chi connectivity index (χ0) is 46.8. The zero-order valence-corrected chi connectivity index (χ0v) is 38.9.